The van der Waals surface area contributed by atoms with E-state index in [1.54, 1.807) is 4.68 Å². The Morgan fingerprint density at radius 2 is 1.90 bits per heavy atom. The van der Waals surface area contributed by atoms with Gasteiger partial charge in [0.05, 0.1) is 5.70 Å². The van der Waals surface area contributed by atoms with Crippen LogP contribution in [0.1, 0.15) is 36.9 Å². The highest BCUT2D eigenvalue weighted by atomic mass is 35.5. The highest BCUT2D eigenvalue weighted by Gasteiger charge is 2.31. The highest BCUT2D eigenvalue weighted by molar-refractivity contribution is 6.30. The third kappa shape index (κ3) is 4.21. The summed E-state index contributed by atoms with van der Waals surface area (Å²) in [7, 11) is 0. The van der Waals surface area contributed by atoms with Gasteiger partial charge in [-0.1, -0.05) is 72.5 Å². The van der Waals surface area contributed by atoms with Crippen molar-refractivity contribution in [3.63, 3.8) is 0 Å². The van der Waals surface area contributed by atoms with E-state index < -0.39 is 0 Å². The third-order valence-electron chi connectivity index (χ3n) is 5.02. The van der Waals surface area contributed by atoms with Crippen molar-refractivity contribution in [3.8, 4) is 0 Å². The zero-order valence-electron chi connectivity index (χ0n) is 16.7. The maximum absolute atomic E-state index is 12.6. The van der Waals surface area contributed by atoms with Crippen LogP contribution in [-0.4, -0.2) is 39.2 Å². The molecular weight excluding hydrogens is 400 g/mol. The first-order valence-electron chi connectivity index (χ1n) is 10.0. The van der Waals surface area contributed by atoms with Crippen molar-refractivity contribution < 1.29 is 4.79 Å². The largest absolute Gasteiger partial charge is 0.355 e. The minimum Gasteiger partial charge on any atom is -0.355 e. The summed E-state index contributed by atoms with van der Waals surface area (Å²) in [5, 5.41) is 16.0. The number of nitrogens with zero attached hydrogens (tertiary/aromatic N) is 5. The predicted molar refractivity (Wildman–Crippen MR) is 117 cm³/mol. The molecule has 1 aliphatic heterocycles. The standard InChI is InChI=1S/C22H23ClN6O/c1-2-3-13-24-21(30)15-28-19(17-9-11-18(23)12-10-17)14-20(16-7-5-4-6-8-16)29-22(28)25-26-27-29/h4-12,14,20H,2-3,13,15H2,1H3,(H,24,30)/t20-/m1/s1. The number of amides is 1. The topological polar surface area (TPSA) is 75.9 Å². The minimum absolute atomic E-state index is 0.0731. The number of allylic oxidation sites excluding steroid dienone is 1. The van der Waals surface area contributed by atoms with Crippen LogP contribution in [0.2, 0.25) is 5.02 Å². The lowest BCUT2D eigenvalue weighted by molar-refractivity contribution is -0.119. The van der Waals surface area contributed by atoms with Crippen molar-refractivity contribution >= 4 is 29.2 Å². The maximum Gasteiger partial charge on any atom is 0.251 e. The van der Waals surface area contributed by atoms with Gasteiger partial charge in [0.2, 0.25) is 5.91 Å². The van der Waals surface area contributed by atoms with Gasteiger partial charge >= 0.3 is 0 Å². The van der Waals surface area contributed by atoms with E-state index in [1.807, 2.05) is 59.5 Å². The maximum atomic E-state index is 12.6. The van der Waals surface area contributed by atoms with Gasteiger partial charge in [-0.3, -0.25) is 9.69 Å². The molecule has 0 spiro atoms. The van der Waals surface area contributed by atoms with Crippen molar-refractivity contribution in [1.82, 2.24) is 25.5 Å². The van der Waals surface area contributed by atoms with Crippen molar-refractivity contribution in [3.05, 3.63) is 76.8 Å². The summed E-state index contributed by atoms with van der Waals surface area (Å²) < 4.78 is 1.74. The summed E-state index contributed by atoms with van der Waals surface area (Å²) in [6.07, 6.45) is 4.05. The van der Waals surface area contributed by atoms with Gasteiger partial charge in [0.15, 0.2) is 0 Å². The Labute approximate surface area is 180 Å². The number of hydrogen-bond donors (Lipinski definition) is 1. The zero-order valence-corrected chi connectivity index (χ0v) is 17.5. The van der Waals surface area contributed by atoms with E-state index in [9.17, 15) is 4.79 Å². The Bertz CT molecular complexity index is 1030. The summed E-state index contributed by atoms with van der Waals surface area (Å²) in [5.74, 6) is 0.456. The Morgan fingerprint density at radius 1 is 1.13 bits per heavy atom. The second-order valence-electron chi connectivity index (χ2n) is 7.13. The van der Waals surface area contributed by atoms with E-state index in [1.165, 1.54) is 0 Å². The monoisotopic (exact) mass is 422 g/mol. The molecule has 1 aromatic heterocycles. The molecule has 1 amide bonds. The quantitative estimate of drug-likeness (QED) is 0.587. The number of hydrogen-bond acceptors (Lipinski definition) is 5. The Morgan fingerprint density at radius 3 is 2.63 bits per heavy atom. The van der Waals surface area contributed by atoms with Crippen LogP contribution in [-0.2, 0) is 4.79 Å². The molecule has 2 aromatic carbocycles. The zero-order chi connectivity index (χ0) is 20.9. The summed E-state index contributed by atoms with van der Waals surface area (Å²) in [4.78, 5) is 14.5. The van der Waals surface area contributed by atoms with Crippen LogP contribution in [0.25, 0.3) is 5.70 Å². The van der Waals surface area contributed by atoms with Crippen molar-refractivity contribution in [2.24, 2.45) is 0 Å². The van der Waals surface area contributed by atoms with Gasteiger partial charge in [-0.2, -0.15) is 4.68 Å². The molecule has 0 saturated carbocycles. The molecule has 0 fully saturated rings. The molecule has 3 aromatic rings. The molecule has 0 saturated heterocycles. The molecular formula is C22H23ClN6O. The van der Waals surface area contributed by atoms with Crippen LogP contribution in [0.5, 0.6) is 0 Å². The van der Waals surface area contributed by atoms with E-state index in [2.05, 4.69) is 33.8 Å². The lowest BCUT2D eigenvalue weighted by Crippen LogP contribution is -2.40. The molecule has 154 valence electrons. The molecule has 1 aliphatic rings. The Balaban J connectivity index is 1.73. The summed E-state index contributed by atoms with van der Waals surface area (Å²) >= 11 is 6.10. The van der Waals surface area contributed by atoms with Gasteiger partial charge in [0, 0.05) is 11.6 Å². The first-order chi connectivity index (χ1) is 14.7. The van der Waals surface area contributed by atoms with Gasteiger partial charge in [0.1, 0.15) is 12.6 Å². The highest BCUT2D eigenvalue weighted by Crippen LogP contribution is 2.36. The number of aromatic nitrogens is 4. The fraction of sp³-hybridized carbons (Fsp3) is 0.273. The van der Waals surface area contributed by atoms with Crippen molar-refractivity contribution in [2.45, 2.75) is 25.8 Å². The number of tetrazole rings is 1. The number of benzene rings is 2. The van der Waals surface area contributed by atoms with Crippen molar-refractivity contribution in [1.29, 1.82) is 0 Å². The van der Waals surface area contributed by atoms with Gasteiger partial charge in [-0.05, 0) is 46.2 Å². The third-order valence-corrected chi connectivity index (χ3v) is 5.27. The second-order valence-corrected chi connectivity index (χ2v) is 7.56. The van der Waals surface area contributed by atoms with Crippen LogP contribution >= 0.6 is 11.6 Å². The van der Waals surface area contributed by atoms with Gasteiger partial charge < -0.3 is 5.32 Å². The van der Waals surface area contributed by atoms with Crippen LogP contribution in [0.15, 0.2) is 60.7 Å². The Kier molecular flexibility index (Phi) is 6.09. The molecule has 8 heteroatoms. The number of unbranched alkanes of at least 4 members (excludes halogenated alkanes) is 1. The second kappa shape index (κ2) is 9.09. The minimum atomic E-state index is -0.179. The predicted octanol–water partition coefficient (Wildman–Crippen LogP) is 3.69. The van der Waals surface area contributed by atoms with E-state index in [-0.39, 0.29) is 18.5 Å². The summed E-state index contributed by atoms with van der Waals surface area (Å²) in [5.41, 5.74) is 2.87. The molecule has 0 unspecified atom stereocenters. The lowest BCUT2D eigenvalue weighted by atomic mass is 10.0. The summed E-state index contributed by atoms with van der Waals surface area (Å²) in [6, 6.07) is 17.4. The van der Waals surface area contributed by atoms with Crippen LogP contribution in [0, 0.1) is 0 Å². The van der Waals surface area contributed by atoms with Crippen LogP contribution in [0.4, 0.5) is 5.95 Å². The number of anilines is 1. The Hall–Kier alpha value is -3.19. The number of rotatable bonds is 7. The number of fused-ring (bicyclic) bond motifs is 1. The van der Waals surface area contributed by atoms with E-state index in [0.717, 1.165) is 29.7 Å². The molecule has 1 N–H and O–H groups in total. The molecule has 30 heavy (non-hydrogen) atoms. The molecule has 2 heterocycles. The number of carbonyl (C=O) groups excluding carboxylic acids is 1. The van der Waals surface area contributed by atoms with E-state index in [4.69, 9.17) is 11.6 Å². The van der Waals surface area contributed by atoms with Gasteiger partial charge in [-0.25, -0.2) is 0 Å². The van der Waals surface area contributed by atoms with Crippen LogP contribution in [0.3, 0.4) is 0 Å². The average molecular weight is 423 g/mol. The molecule has 4 rings (SSSR count). The first kappa shape index (κ1) is 20.1. The fourth-order valence-electron chi connectivity index (χ4n) is 3.48. The smallest absolute Gasteiger partial charge is 0.251 e. The van der Waals surface area contributed by atoms with Gasteiger partial charge in [-0.15, -0.1) is 0 Å². The normalized spacial score (nSPS) is 15.5. The number of nitrogens with one attached hydrogen (secondary N) is 1. The van der Waals surface area contributed by atoms with E-state index in [0.29, 0.717) is 17.5 Å². The van der Waals surface area contributed by atoms with Gasteiger partial charge in [0.25, 0.3) is 5.95 Å². The first-order valence-corrected chi connectivity index (χ1v) is 10.4. The lowest BCUT2D eigenvalue weighted by Gasteiger charge is -2.32. The molecule has 0 aliphatic carbocycles. The molecule has 1 atom stereocenters. The average Bonchev–Trinajstić information content (AvgIpc) is 3.25. The molecule has 7 nitrogen and oxygen atoms in total. The summed E-state index contributed by atoms with van der Waals surface area (Å²) in [6.45, 7) is 2.87. The number of carbonyl (C=O) groups is 1. The number of halogens is 1. The molecule has 0 bridgehead atoms. The molecule has 0 radical (unpaired) electrons. The fourth-order valence-corrected chi connectivity index (χ4v) is 3.61. The SMILES string of the molecule is CCCCNC(=O)CN1C(c2ccc(Cl)cc2)=C[C@H](c2ccccc2)n2nnnc21. The van der Waals surface area contributed by atoms with E-state index >= 15 is 0 Å². The van der Waals surface area contributed by atoms with Crippen LogP contribution < -0.4 is 10.2 Å². The van der Waals surface area contributed by atoms with Crippen molar-refractivity contribution in [2.75, 3.05) is 18.0 Å².